The van der Waals surface area contributed by atoms with E-state index in [2.05, 4.69) is 37.9 Å². The third-order valence-corrected chi connectivity index (χ3v) is 4.78. The topological polar surface area (TPSA) is 101 Å². The number of aromatic nitrogens is 2. The van der Waals surface area contributed by atoms with Crippen LogP contribution in [-0.2, 0) is 4.79 Å². The molecule has 0 saturated carbocycles. The van der Waals surface area contributed by atoms with Crippen molar-refractivity contribution in [1.82, 2.24) is 9.97 Å². The van der Waals surface area contributed by atoms with Crippen molar-refractivity contribution in [2.75, 3.05) is 10.2 Å². The molecule has 3 rings (SSSR count). The molecule has 2 amide bonds. The van der Waals surface area contributed by atoms with E-state index in [-0.39, 0.29) is 18.0 Å². The molecule has 0 radical (unpaired) electrons. The Morgan fingerprint density at radius 3 is 2.60 bits per heavy atom. The molecule has 8 heteroatoms. The Labute approximate surface area is 159 Å². The van der Waals surface area contributed by atoms with Gasteiger partial charge >= 0.3 is 0 Å². The van der Waals surface area contributed by atoms with Crippen molar-refractivity contribution in [3.05, 3.63) is 45.3 Å². The van der Waals surface area contributed by atoms with Gasteiger partial charge in [0.05, 0.1) is 6.04 Å². The van der Waals surface area contributed by atoms with Gasteiger partial charge in [0.15, 0.2) is 0 Å². The van der Waals surface area contributed by atoms with E-state index in [1.165, 1.54) is 6.92 Å². The maximum absolute atomic E-state index is 12.1. The van der Waals surface area contributed by atoms with Crippen LogP contribution in [0.4, 0.5) is 11.6 Å². The molecule has 2 aromatic rings. The molecule has 0 bridgehead atoms. The molecule has 2 heterocycles. The van der Waals surface area contributed by atoms with Crippen LogP contribution in [0.5, 0.6) is 0 Å². The Morgan fingerprint density at radius 2 is 2.00 bits per heavy atom. The van der Waals surface area contributed by atoms with Gasteiger partial charge in [0.25, 0.3) is 0 Å². The monoisotopic (exact) mass is 451 g/mol. The molecule has 1 aromatic carbocycles. The van der Waals surface area contributed by atoms with Crippen LogP contribution in [0, 0.1) is 3.57 Å². The van der Waals surface area contributed by atoms with Crippen molar-refractivity contribution in [2.24, 2.45) is 5.73 Å². The highest BCUT2D eigenvalue weighted by molar-refractivity contribution is 14.1. The summed E-state index contributed by atoms with van der Waals surface area (Å²) in [4.78, 5) is 33.9. The number of nitrogens with zero attached hydrogens (tertiary/aromatic N) is 3. The van der Waals surface area contributed by atoms with E-state index in [0.29, 0.717) is 17.9 Å². The number of amides is 2. The standard InChI is InChI=1S/C17H18IN5O2/c1-9-5-14(22-17-20-7-12(18)8-21-17)13-6-11(16(19)25)3-4-15(13)23(9)10(2)24/h3-4,6-9,14H,5H2,1-2H3,(H2,19,25)(H,20,21,22). The van der Waals surface area contributed by atoms with Crippen LogP contribution in [0.15, 0.2) is 30.6 Å². The minimum Gasteiger partial charge on any atom is -0.366 e. The van der Waals surface area contributed by atoms with Gasteiger partial charge in [-0.25, -0.2) is 9.97 Å². The highest BCUT2D eigenvalue weighted by Gasteiger charge is 2.33. The number of rotatable bonds is 3. The number of hydrogen-bond donors (Lipinski definition) is 2. The van der Waals surface area contributed by atoms with Crippen molar-refractivity contribution in [3.8, 4) is 0 Å². The number of fused-ring (bicyclic) bond motifs is 1. The lowest BCUT2D eigenvalue weighted by Crippen LogP contribution is -2.43. The maximum Gasteiger partial charge on any atom is 0.248 e. The summed E-state index contributed by atoms with van der Waals surface area (Å²) in [5.41, 5.74) is 7.44. The second-order valence-corrected chi connectivity index (χ2v) is 7.28. The molecule has 2 atom stereocenters. The van der Waals surface area contributed by atoms with Gasteiger partial charge in [0.2, 0.25) is 17.8 Å². The molecule has 3 N–H and O–H groups in total. The van der Waals surface area contributed by atoms with Gasteiger partial charge in [0.1, 0.15) is 0 Å². The van der Waals surface area contributed by atoms with Crippen molar-refractivity contribution in [2.45, 2.75) is 32.4 Å². The van der Waals surface area contributed by atoms with Gasteiger partial charge < -0.3 is 16.0 Å². The van der Waals surface area contributed by atoms with E-state index in [9.17, 15) is 9.59 Å². The SMILES string of the molecule is CC(=O)N1c2ccc(C(N)=O)cc2C(Nc2ncc(I)cn2)CC1C. The first-order valence-electron chi connectivity index (χ1n) is 7.84. The van der Waals surface area contributed by atoms with Gasteiger partial charge in [-0.15, -0.1) is 0 Å². The van der Waals surface area contributed by atoms with E-state index in [1.54, 1.807) is 35.5 Å². The number of nitrogens with two attached hydrogens (primary N) is 1. The minimum absolute atomic E-state index is 0.00535. The smallest absolute Gasteiger partial charge is 0.248 e. The molecule has 0 saturated heterocycles. The van der Waals surface area contributed by atoms with Crippen LogP contribution in [0.2, 0.25) is 0 Å². The summed E-state index contributed by atoms with van der Waals surface area (Å²) in [5, 5.41) is 3.30. The van der Waals surface area contributed by atoms with Gasteiger partial charge in [-0.1, -0.05) is 0 Å². The van der Waals surface area contributed by atoms with Crippen molar-refractivity contribution < 1.29 is 9.59 Å². The van der Waals surface area contributed by atoms with Crippen LogP contribution in [0.3, 0.4) is 0 Å². The second-order valence-electron chi connectivity index (χ2n) is 6.03. The maximum atomic E-state index is 12.1. The predicted molar refractivity (Wildman–Crippen MR) is 103 cm³/mol. The molecule has 7 nitrogen and oxygen atoms in total. The number of nitrogens with one attached hydrogen (secondary N) is 1. The Balaban J connectivity index is 2.03. The molecule has 2 unspecified atom stereocenters. The third-order valence-electron chi connectivity index (χ3n) is 4.23. The van der Waals surface area contributed by atoms with Crippen LogP contribution in [0.25, 0.3) is 0 Å². The minimum atomic E-state index is -0.500. The molecule has 1 aromatic heterocycles. The average molecular weight is 451 g/mol. The van der Waals surface area contributed by atoms with Crippen molar-refractivity contribution in [3.63, 3.8) is 0 Å². The summed E-state index contributed by atoms with van der Waals surface area (Å²) >= 11 is 2.14. The van der Waals surface area contributed by atoms with E-state index >= 15 is 0 Å². The van der Waals surface area contributed by atoms with Crippen LogP contribution < -0.4 is 16.0 Å². The molecular weight excluding hydrogens is 433 g/mol. The lowest BCUT2D eigenvalue weighted by molar-refractivity contribution is -0.117. The average Bonchev–Trinajstić information content (AvgIpc) is 2.56. The third kappa shape index (κ3) is 3.58. The molecule has 0 aliphatic carbocycles. The van der Waals surface area contributed by atoms with Gasteiger partial charge in [-0.05, 0) is 59.7 Å². The first-order valence-corrected chi connectivity index (χ1v) is 8.92. The summed E-state index contributed by atoms with van der Waals surface area (Å²) < 4.78 is 0.944. The zero-order valence-electron chi connectivity index (χ0n) is 13.9. The predicted octanol–water partition coefficient (Wildman–Crippen LogP) is 2.48. The number of benzene rings is 1. The number of halogens is 1. The summed E-state index contributed by atoms with van der Waals surface area (Å²) in [6, 6.07) is 5.04. The van der Waals surface area contributed by atoms with Gasteiger partial charge in [-0.3, -0.25) is 9.59 Å². The number of anilines is 2. The molecule has 0 fully saturated rings. The fourth-order valence-electron chi connectivity index (χ4n) is 3.18. The largest absolute Gasteiger partial charge is 0.366 e. The Hall–Kier alpha value is -2.23. The van der Waals surface area contributed by atoms with E-state index in [4.69, 9.17) is 5.73 Å². The van der Waals surface area contributed by atoms with Crippen LogP contribution >= 0.6 is 22.6 Å². The summed E-state index contributed by atoms with van der Waals surface area (Å²) in [6.07, 6.45) is 4.12. The first-order chi connectivity index (χ1) is 11.9. The highest BCUT2D eigenvalue weighted by atomic mass is 127. The Kier molecular flexibility index (Phi) is 4.89. The molecule has 25 heavy (non-hydrogen) atoms. The fraction of sp³-hybridized carbons (Fsp3) is 0.294. The summed E-state index contributed by atoms with van der Waals surface area (Å²) in [7, 11) is 0. The van der Waals surface area contributed by atoms with Crippen molar-refractivity contribution >= 4 is 46.0 Å². The number of primary amides is 1. The van der Waals surface area contributed by atoms with Gasteiger partial charge in [0, 0.05) is 40.2 Å². The van der Waals surface area contributed by atoms with Crippen molar-refractivity contribution in [1.29, 1.82) is 0 Å². The molecule has 1 aliphatic rings. The number of hydrogen-bond acceptors (Lipinski definition) is 5. The number of carbonyl (C=O) groups is 2. The van der Waals surface area contributed by atoms with E-state index in [0.717, 1.165) is 14.8 Å². The second kappa shape index (κ2) is 6.95. The molecule has 0 spiro atoms. The summed E-state index contributed by atoms with van der Waals surface area (Å²) in [5.74, 6) is -0.0334. The normalized spacial score (nSPS) is 19.2. The highest BCUT2D eigenvalue weighted by Crippen LogP contribution is 2.39. The molecular formula is C17H18IN5O2. The zero-order valence-corrected chi connectivity index (χ0v) is 16.0. The van der Waals surface area contributed by atoms with Crippen LogP contribution in [0.1, 0.15) is 42.2 Å². The quantitative estimate of drug-likeness (QED) is 0.699. The van der Waals surface area contributed by atoms with Gasteiger partial charge in [-0.2, -0.15) is 0 Å². The zero-order chi connectivity index (χ0) is 18.1. The van der Waals surface area contributed by atoms with E-state index < -0.39 is 5.91 Å². The Morgan fingerprint density at radius 1 is 1.32 bits per heavy atom. The van der Waals surface area contributed by atoms with Crippen LogP contribution in [-0.4, -0.2) is 27.8 Å². The Bertz CT molecular complexity index is 824. The number of carbonyl (C=O) groups excluding carboxylic acids is 2. The first kappa shape index (κ1) is 17.6. The lowest BCUT2D eigenvalue weighted by Gasteiger charge is -2.39. The lowest BCUT2D eigenvalue weighted by atomic mass is 9.90. The molecule has 130 valence electrons. The fourth-order valence-corrected chi connectivity index (χ4v) is 3.46. The van der Waals surface area contributed by atoms with E-state index in [1.807, 2.05) is 6.92 Å². The molecule has 1 aliphatic heterocycles. The summed E-state index contributed by atoms with van der Waals surface area (Å²) in [6.45, 7) is 3.54.